The zero-order chi connectivity index (χ0) is 21.8. The minimum absolute atomic E-state index is 0.0493. The Morgan fingerprint density at radius 1 is 1.12 bits per heavy atom. The van der Waals surface area contributed by atoms with Gasteiger partial charge >= 0.3 is 4.87 Å². The zero-order valence-corrected chi connectivity index (χ0v) is 20.1. The number of H-pyrrole nitrogens is 1. The first-order chi connectivity index (χ1) is 15.6. The molecule has 1 aliphatic heterocycles. The van der Waals surface area contributed by atoms with Gasteiger partial charge < -0.3 is 14.5 Å². The molecule has 4 nitrogen and oxygen atoms in total. The van der Waals surface area contributed by atoms with Gasteiger partial charge in [0, 0.05) is 21.1 Å². The number of benzene rings is 2. The van der Waals surface area contributed by atoms with E-state index in [9.17, 15) is 4.79 Å². The van der Waals surface area contributed by atoms with Crippen LogP contribution >= 0.6 is 34.7 Å². The minimum Gasteiger partial charge on any atom is -0.493 e. The summed E-state index contributed by atoms with van der Waals surface area (Å²) in [6.45, 7) is 0.425. The van der Waals surface area contributed by atoms with Crippen molar-refractivity contribution in [2.24, 2.45) is 17.8 Å². The smallest absolute Gasteiger partial charge is 0.305 e. The van der Waals surface area contributed by atoms with Crippen molar-refractivity contribution in [3.63, 3.8) is 0 Å². The molecule has 0 spiro atoms. The van der Waals surface area contributed by atoms with Crippen LogP contribution < -0.4 is 14.3 Å². The van der Waals surface area contributed by atoms with Crippen LogP contribution in [-0.2, 0) is 6.61 Å². The van der Waals surface area contributed by atoms with E-state index in [1.54, 1.807) is 7.11 Å². The number of fused-ring (bicyclic) bond motifs is 6. The van der Waals surface area contributed by atoms with Crippen LogP contribution in [0, 0.1) is 17.8 Å². The van der Waals surface area contributed by atoms with Crippen LogP contribution in [0.2, 0.25) is 5.02 Å². The molecule has 7 heteroatoms. The zero-order valence-electron chi connectivity index (χ0n) is 17.7. The van der Waals surface area contributed by atoms with Crippen molar-refractivity contribution in [1.29, 1.82) is 0 Å². The highest BCUT2D eigenvalue weighted by Crippen LogP contribution is 2.63. The van der Waals surface area contributed by atoms with E-state index in [2.05, 4.69) is 17.1 Å². The third kappa shape index (κ3) is 3.47. The monoisotopic (exact) mass is 485 g/mol. The molecule has 2 aliphatic carbocycles. The fourth-order valence-electron chi connectivity index (χ4n) is 6.01. The molecule has 1 N–H and O–H groups in total. The number of aromatic nitrogens is 1. The number of halogens is 1. The third-order valence-corrected chi connectivity index (χ3v) is 10.2. The Bertz CT molecular complexity index is 1220. The number of rotatable bonds is 5. The molecular weight excluding hydrogens is 462 g/mol. The number of aromatic amines is 1. The molecule has 3 aromatic rings. The van der Waals surface area contributed by atoms with Gasteiger partial charge in [0.25, 0.3) is 0 Å². The fourth-order valence-corrected chi connectivity index (χ4v) is 9.11. The van der Waals surface area contributed by atoms with E-state index >= 15 is 0 Å². The molecule has 2 fully saturated rings. The highest BCUT2D eigenvalue weighted by Gasteiger charge is 2.54. The van der Waals surface area contributed by atoms with Gasteiger partial charge in [-0.1, -0.05) is 41.1 Å². The minimum atomic E-state index is 0.0493. The van der Waals surface area contributed by atoms with Crippen molar-refractivity contribution in [2.75, 3.05) is 7.11 Å². The van der Waals surface area contributed by atoms with Crippen LogP contribution in [0.4, 0.5) is 0 Å². The van der Waals surface area contributed by atoms with Gasteiger partial charge in [0.15, 0.2) is 11.5 Å². The number of hydrogen-bond acceptors (Lipinski definition) is 5. The Balaban J connectivity index is 1.34. The standard InChI is InChI=1S/C25H24ClNO3S2/c1-29-19-11-15(7-8-18(19)30-12-13-3-2-4-17(26)9-13)21-20-14-5-6-16(10-14)22(20)31-24-23(21)32-25(28)27-24/h2-4,7-9,11,14,16,20-22H,5-6,10,12H2,1H3,(H,27,28)/t14-,16-,20-,21+,22+/m0/s1. The largest absolute Gasteiger partial charge is 0.493 e. The molecule has 2 aromatic carbocycles. The fraction of sp³-hybridized carbons (Fsp3) is 0.400. The summed E-state index contributed by atoms with van der Waals surface area (Å²) in [5.41, 5.74) is 2.23. The molecule has 1 aromatic heterocycles. The van der Waals surface area contributed by atoms with E-state index in [0.717, 1.165) is 28.2 Å². The van der Waals surface area contributed by atoms with Crippen molar-refractivity contribution >= 4 is 34.7 Å². The average molecular weight is 486 g/mol. The van der Waals surface area contributed by atoms with E-state index in [4.69, 9.17) is 21.1 Å². The molecule has 32 heavy (non-hydrogen) atoms. The van der Waals surface area contributed by atoms with Gasteiger partial charge in [0.2, 0.25) is 0 Å². The van der Waals surface area contributed by atoms with Crippen LogP contribution in [0.25, 0.3) is 0 Å². The number of thioether (sulfide) groups is 1. The molecule has 2 bridgehead atoms. The topological polar surface area (TPSA) is 51.3 Å². The molecule has 3 aliphatic rings. The second-order valence-corrected chi connectivity index (χ2v) is 11.6. The van der Waals surface area contributed by atoms with Crippen molar-refractivity contribution in [1.82, 2.24) is 4.98 Å². The molecule has 0 saturated heterocycles. The van der Waals surface area contributed by atoms with E-state index in [1.807, 2.05) is 42.1 Å². The first-order valence-corrected chi connectivity index (χ1v) is 13.1. The maximum absolute atomic E-state index is 12.2. The summed E-state index contributed by atoms with van der Waals surface area (Å²) in [4.78, 5) is 16.6. The molecule has 0 radical (unpaired) electrons. The molecule has 2 heterocycles. The predicted octanol–water partition coefficient (Wildman–Crippen LogP) is 6.33. The Hall–Kier alpha value is -1.89. The maximum atomic E-state index is 12.2. The predicted molar refractivity (Wildman–Crippen MR) is 130 cm³/mol. The molecular formula is C25H24ClNO3S2. The van der Waals surface area contributed by atoms with Crippen LogP contribution in [0.5, 0.6) is 11.5 Å². The average Bonchev–Trinajstić information content (AvgIpc) is 3.50. The lowest BCUT2D eigenvalue weighted by atomic mass is 9.75. The molecule has 6 rings (SSSR count). The van der Waals surface area contributed by atoms with Gasteiger partial charge in [0.05, 0.1) is 12.1 Å². The quantitative estimate of drug-likeness (QED) is 0.458. The summed E-state index contributed by atoms with van der Waals surface area (Å²) in [5, 5.41) is 2.38. The first-order valence-electron chi connectivity index (χ1n) is 11.1. The summed E-state index contributed by atoms with van der Waals surface area (Å²) in [5.74, 6) is 3.79. The van der Waals surface area contributed by atoms with Gasteiger partial charge in [-0.25, -0.2) is 0 Å². The van der Waals surface area contributed by atoms with E-state index in [0.29, 0.717) is 28.5 Å². The van der Waals surface area contributed by atoms with Crippen LogP contribution in [0.1, 0.15) is 41.2 Å². The highest BCUT2D eigenvalue weighted by molar-refractivity contribution is 8.00. The van der Waals surface area contributed by atoms with Crippen molar-refractivity contribution in [3.8, 4) is 11.5 Å². The van der Waals surface area contributed by atoms with Crippen LogP contribution in [0.3, 0.4) is 0 Å². The number of ether oxygens (including phenoxy) is 2. The molecule has 5 atom stereocenters. The van der Waals surface area contributed by atoms with Gasteiger partial charge in [-0.15, -0.1) is 11.8 Å². The van der Waals surface area contributed by atoms with Crippen molar-refractivity contribution in [2.45, 2.75) is 42.1 Å². The summed E-state index contributed by atoms with van der Waals surface area (Å²) in [6.07, 6.45) is 3.97. The molecule has 166 valence electrons. The number of nitrogens with one attached hydrogen (secondary N) is 1. The molecule has 0 unspecified atom stereocenters. The summed E-state index contributed by atoms with van der Waals surface area (Å²) >= 11 is 9.40. The van der Waals surface area contributed by atoms with Gasteiger partial charge in [0.1, 0.15) is 6.61 Å². The SMILES string of the molecule is COc1cc([C@H]2c3sc(=O)[nH]c3S[C@@H]3[C@H]4CC[C@@H](C4)[C@@H]23)ccc1OCc1cccc(Cl)c1. The van der Waals surface area contributed by atoms with E-state index in [-0.39, 0.29) is 10.8 Å². The van der Waals surface area contributed by atoms with Gasteiger partial charge in [-0.05, 0) is 72.4 Å². The van der Waals surface area contributed by atoms with E-state index < -0.39 is 0 Å². The van der Waals surface area contributed by atoms with Crippen molar-refractivity contribution < 1.29 is 9.47 Å². The second-order valence-electron chi connectivity index (χ2n) is 9.01. The summed E-state index contributed by atoms with van der Waals surface area (Å²) in [7, 11) is 1.68. The second kappa shape index (κ2) is 8.15. The summed E-state index contributed by atoms with van der Waals surface area (Å²) < 4.78 is 11.8. The Morgan fingerprint density at radius 3 is 2.84 bits per heavy atom. The number of thiazole rings is 1. The van der Waals surface area contributed by atoms with Crippen LogP contribution in [-0.4, -0.2) is 17.3 Å². The maximum Gasteiger partial charge on any atom is 0.305 e. The number of hydrogen-bond donors (Lipinski definition) is 1. The van der Waals surface area contributed by atoms with E-state index in [1.165, 1.54) is 41.0 Å². The lowest BCUT2D eigenvalue weighted by Gasteiger charge is -2.40. The lowest BCUT2D eigenvalue weighted by Crippen LogP contribution is -2.33. The number of methoxy groups -OCH3 is 1. The Kier molecular flexibility index (Phi) is 5.27. The Morgan fingerprint density at radius 2 is 2.00 bits per heavy atom. The first kappa shape index (κ1) is 20.7. The Labute approximate surface area is 200 Å². The summed E-state index contributed by atoms with van der Waals surface area (Å²) in [6, 6.07) is 14.0. The molecule has 0 amide bonds. The molecule has 2 saturated carbocycles. The van der Waals surface area contributed by atoms with Crippen LogP contribution in [0.15, 0.2) is 52.3 Å². The third-order valence-electron chi connectivity index (χ3n) is 7.30. The van der Waals surface area contributed by atoms with Gasteiger partial charge in [-0.2, -0.15) is 0 Å². The van der Waals surface area contributed by atoms with Crippen molar-refractivity contribution in [3.05, 3.63) is 73.2 Å². The lowest BCUT2D eigenvalue weighted by molar-refractivity contribution is 0.282. The highest BCUT2D eigenvalue weighted by atomic mass is 35.5. The normalized spacial score (nSPS) is 27.8. The van der Waals surface area contributed by atoms with Gasteiger partial charge in [-0.3, -0.25) is 4.79 Å².